The Hall–Kier alpha value is -2.90. The Kier molecular flexibility index (Phi) is 4.74. The van der Waals surface area contributed by atoms with E-state index < -0.39 is 0 Å². The van der Waals surface area contributed by atoms with E-state index in [0.29, 0.717) is 30.4 Å². The zero-order valence-electron chi connectivity index (χ0n) is 13.8. The van der Waals surface area contributed by atoms with E-state index >= 15 is 0 Å². The second kappa shape index (κ2) is 7.12. The van der Waals surface area contributed by atoms with Crippen molar-refractivity contribution < 1.29 is 9.47 Å². The molecule has 3 aromatic heterocycles. The lowest BCUT2D eigenvalue weighted by Crippen LogP contribution is -2.09. The smallest absolute Gasteiger partial charge is 0.336 e. The van der Waals surface area contributed by atoms with Gasteiger partial charge in [-0.2, -0.15) is 4.98 Å². The first-order valence-corrected chi connectivity index (χ1v) is 7.84. The van der Waals surface area contributed by atoms with Crippen LogP contribution in [0.3, 0.4) is 0 Å². The highest BCUT2D eigenvalue weighted by atomic mass is 16.5. The largest absolute Gasteiger partial charge is 0.481 e. The number of imidazole rings is 1. The summed E-state index contributed by atoms with van der Waals surface area (Å²) in [5.74, 6) is 0.861. The fourth-order valence-electron chi connectivity index (χ4n) is 2.27. The first-order valence-electron chi connectivity index (χ1n) is 7.84. The third kappa shape index (κ3) is 3.37. The van der Waals surface area contributed by atoms with Crippen molar-refractivity contribution in [3.63, 3.8) is 0 Å². The average Bonchev–Trinajstić information content (AvgIpc) is 2.99. The van der Waals surface area contributed by atoms with Gasteiger partial charge in [0.05, 0.1) is 31.3 Å². The van der Waals surface area contributed by atoms with Crippen molar-refractivity contribution in [3.05, 3.63) is 35.8 Å². The molecule has 3 heterocycles. The van der Waals surface area contributed by atoms with Gasteiger partial charge in [-0.05, 0) is 12.5 Å². The van der Waals surface area contributed by atoms with Crippen LogP contribution in [-0.2, 0) is 6.42 Å². The van der Waals surface area contributed by atoms with Crippen molar-refractivity contribution in [2.24, 2.45) is 0 Å². The van der Waals surface area contributed by atoms with Crippen molar-refractivity contribution in [2.45, 2.75) is 26.2 Å². The van der Waals surface area contributed by atoms with E-state index in [-0.39, 0.29) is 6.01 Å². The molecule has 8 nitrogen and oxygen atoms in total. The summed E-state index contributed by atoms with van der Waals surface area (Å²) < 4.78 is 12.4. The minimum atomic E-state index is 0.256. The van der Waals surface area contributed by atoms with Gasteiger partial charge >= 0.3 is 6.01 Å². The predicted octanol–water partition coefficient (Wildman–Crippen LogP) is 1.88. The van der Waals surface area contributed by atoms with Crippen LogP contribution in [-0.4, -0.2) is 38.3 Å². The maximum atomic E-state index is 5.96. The Morgan fingerprint density at radius 3 is 2.92 bits per heavy atom. The van der Waals surface area contributed by atoms with Gasteiger partial charge in [0.25, 0.3) is 0 Å². The molecule has 2 N–H and O–H groups in total. The molecule has 0 atom stereocenters. The van der Waals surface area contributed by atoms with Gasteiger partial charge in [0.1, 0.15) is 0 Å². The van der Waals surface area contributed by atoms with E-state index in [2.05, 4.69) is 27.0 Å². The highest BCUT2D eigenvalue weighted by Crippen LogP contribution is 2.17. The standard InChI is InChI=1S/C16H20N6O2/c1-3-4-8-24-16-20-14(17)15-18-10-12(22(15)21-16)9-11-6-5-7-13(19-11)23-2/h5-7,10H,3-4,8-9H2,1-2H3,(H2,17,20,21). The summed E-state index contributed by atoms with van der Waals surface area (Å²) in [5.41, 5.74) is 8.17. The monoisotopic (exact) mass is 328 g/mol. The van der Waals surface area contributed by atoms with Crippen molar-refractivity contribution in [1.82, 2.24) is 24.6 Å². The molecule has 0 unspecified atom stereocenters. The number of unbranched alkanes of at least 4 members (excludes halogenated alkanes) is 1. The number of nitrogens with zero attached hydrogens (tertiary/aromatic N) is 5. The first kappa shape index (κ1) is 16.0. The van der Waals surface area contributed by atoms with E-state index in [9.17, 15) is 0 Å². The maximum Gasteiger partial charge on any atom is 0.336 e. The van der Waals surface area contributed by atoms with Crippen LogP contribution < -0.4 is 15.2 Å². The van der Waals surface area contributed by atoms with Crippen LogP contribution in [0.5, 0.6) is 11.9 Å². The molecular formula is C16H20N6O2. The maximum absolute atomic E-state index is 5.96. The first-order chi connectivity index (χ1) is 11.7. The Bertz CT molecular complexity index is 833. The van der Waals surface area contributed by atoms with E-state index in [1.54, 1.807) is 23.9 Å². The number of rotatable bonds is 7. The highest BCUT2D eigenvalue weighted by Gasteiger charge is 2.13. The number of nitrogen functional groups attached to an aromatic ring is 1. The second-order valence-corrected chi connectivity index (χ2v) is 5.31. The Morgan fingerprint density at radius 2 is 2.12 bits per heavy atom. The van der Waals surface area contributed by atoms with Gasteiger partial charge in [0.15, 0.2) is 11.5 Å². The van der Waals surface area contributed by atoms with Gasteiger partial charge in [0.2, 0.25) is 5.88 Å². The van der Waals surface area contributed by atoms with Crippen molar-refractivity contribution >= 4 is 11.5 Å². The summed E-state index contributed by atoms with van der Waals surface area (Å²) in [6, 6.07) is 5.88. The van der Waals surface area contributed by atoms with Gasteiger partial charge in [-0.3, -0.25) is 0 Å². The molecule has 0 amide bonds. The van der Waals surface area contributed by atoms with E-state index in [4.69, 9.17) is 15.2 Å². The number of ether oxygens (including phenoxy) is 2. The molecule has 0 fully saturated rings. The van der Waals surface area contributed by atoms with Crippen LogP contribution in [0.2, 0.25) is 0 Å². The second-order valence-electron chi connectivity index (χ2n) is 5.31. The van der Waals surface area contributed by atoms with Gasteiger partial charge < -0.3 is 15.2 Å². The normalized spacial score (nSPS) is 10.9. The summed E-state index contributed by atoms with van der Waals surface area (Å²) in [4.78, 5) is 12.8. The summed E-state index contributed by atoms with van der Waals surface area (Å²) in [6.45, 7) is 2.65. The third-order valence-corrected chi connectivity index (χ3v) is 3.52. The molecule has 126 valence electrons. The molecule has 0 aliphatic carbocycles. The number of fused-ring (bicyclic) bond motifs is 1. The summed E-state index contributed by atoms with van der Waals surface area (Å²) in [5, 5.41) is 4.39. The molecule has 3 aromatic rings. The van der Waals surface area contributed by atoms with Gasteiger partial charge in [0, 0.05) is 12.5 Å². The molecule has 0 radical (unpaired) electrons. The molecule has 0 aliphatic heterocycles. The molecule has 0 bridgehead atoms. The number of anilines is 1. The number of nitrogens with two attached hydrogens (primary N) is 1. The van der Waals surface area contributed by atoms with Crippen molar-refractivity contribution in [2.75, 3.05) is 19.5 Å². The molecule has 0 aliphatic rings. The molecule has 0 spiro atoms. The quantitative estimate of drug-likeness (QED) is 0.661. The lowest BCUT2D eigenvalue weighted by Gasteiger charge is -2.07. The van der Waals surface area contributed by atoms with E-state index in [0.717, 1.165) is 24.2 Å². The minimum Gasteiger partial charge on any atom is -0.481 e. The van der Waals surface area contributed by atoms with E-state index in [1.165, 1.54) is 0 Å². The van der Waals surface area contributed by atoms with Crippen molar-refractivity contribution in [1.29, 1.82) is 0 Å². The lowest BCUT2D eigenvalue weighted by atomic mass is 10.2. The van der Waals surface area contributed by atoms with Gasteiger partial charge in [-0.25, -0.2) is 14.5 Å². The molecule has 0 saturated carbocycles. The van der Waals surface area contributed by atoms with Crippen LogP contribution in [0.1, 0.15) is 31.2 Å². The van der Waals surface area contributed by atoms with Crippen LogP contribution in [0.15, 0.2) is 24.4 Å². The van der Waals surface area contributed by atoms with Crippen LogP contribution in [0.4, 0.5) is 5.82 Å². The lowest BCUT2D eigenvalue weighted by molar-refractivity contribution is 0.280. The third-order valence-electron chi connectivity index (χ3n) is 3.52. The van der Waals surface area contributed by atoms with Gasteiger partial charge in [-0.15, -0.1) is 5.10 Å². The van der Waals surface area contributed by atoms with Gasteiger partial charge in [-0.1, -0.05) is 19.4 Å². The van der Waals surface area contributed by atoms with Crippen LogP contribution >= 0.6 is 0 Å². The number of pyridine rings is 1. The fourth-order valence-corrected chi connectivity index (χ4v) is 2.27. The number of aromatic nitrogens is 5. The van der Waals surface area contributed by atoms with E-state index in [1.807, 2.05) is 12.1 Å². The fraction of sp³-hybridized carbons (Fsp3) is 0.375. The average molecular weight is 328 g/mol. The molecule has 3 rings (SSSR count). The molecule has 0 saturated heterocycles. The molecule has 0 aromatic carbocycles. The predicted molar refractivity (Wildman–Crippen MR) is 89.2 cm³/mol. The topological polar surface area (TPSA) is 100 Å². The molecular weight excluding hydrogens is 308 g/mol. The minimum absolute atomic E-state index is 0.256. The Morgan fingerprint density at radius 1 is 1.25 bits per heavy atom. The van der Waals surface area contributed by atoms with Crippen LogP contribution in [0.25, 0.3) is 5.65 Å². The van der Waals surface area contributed by atoms with Crippen LogP contribution in [0, 0.1) is 0 Å². The zero-order chi connectivity index (χ0) is 16.9. The summed E-state index contributed by atoms with van der Waals surface area (Å²) >= 11 is 0. The number of methoxy groups -OCH3 is 1. The SMILES string of the molecule is CCCCOc1nc(N)c2ncc(Cc3cccc(OC)n3)n2n1. The summed E-state index contributed by atoms with van der Waals surface area (Å²) in [6.07, 6.45) is 4.24. The number of hydrogen-bond acceptors (Lipinski definition) is 7. The Labute approximate surface area is 139 Å². The summed E-state index contributed by atoms with van der Waals surface area (Å²) in [7, 11) is 1.59. The molecule has 8 heteroatoms. The number of hydrogen-bond donors (Lipinski definition) is 1. The Balaban J connectivity index is 1.90. The highest BCUT2D eigenvalue weighted by molar-refractivity contribution is 5.59. The molecule has 24 heavy (non-hydrogen) atoms. The van der Waals surface area contributed by atoms with Crippen molar-refractivity contribution in [3.8, 4) is 11.9 Å². The zero-order valence-corrected chi connectivity index (χ0v) is 13.8.